The zero-order valence-electron chi connectivity index (χ0n) is 6.60. The van der Waals surface area contributed by atoms with E-state index < -0.39 is 18.5 Å². The number of amides is 2. The summed E-state index contributed by atoms with van der Waals surface area (Å²) in [4.78, 5) is 21.5. The van der Waals surface area contributed by atoms with Crippen LogP contribution < -0.4 is 10.6 Å². The van der Waals surface area contributed by atoms with Gasteiger partial charge in [0.05, 0.1) is 6.04 Å². The Bertz CT molecular complexity index is 190. The van der Waals surface area contributed by atoms with Gasteiger partial charge in [0.2, 0.25) is 5.91 Å². The number of imide groups is 1. The molecular formula is C7H11FN2O2. The van der Waals surface area contributed by atoms with E-state index in [9.17, 15) is 14.0 Å². The molecule has 5 heteroatoms. The smallest absolute Gasteiger partial charge is 0.257 e. The van der Waals surface area contributed by atoms with Crippen molar-refractivity contribution in [2.24, 2.45) is 0 Å². The second-order valence-corrected chi connectivity index (χ2v) is 2.69. The van der Waals surface area contributed by atoms with Crippen LogP contribution in [-0.2, 0) is 9.59 Å². The molecule has 0 radical (unpaired) electrons. The first kappa shape index (κ1) is 9.12. The third-order valence-electron chi connectivity index (χ3n) is 1.76. The zero-order chi connectivity index (χ0) is 8.97. The second-order valence-electron chi connectivity index (χ2n) is 2.69. The number of nitrogens with one attached hydrogen (secondary N) is 2. The molecule has 4 nitrogen and oxygen atoms in total. The molecule has 0 spiro atoms. The molecule has 1 heterocycles. The Morgan fingerprint density at radius 2 is 2.33 bits per heavy atom. The summed E-state index contributed by atoms with van der Waals surface area (Å²) in [5, 5.41) is 4.86. The Hall–Kier alpha value is -0.970. The van der Waals surface area contributed by atoms with E-state index in [0.717, 1.165) is 13.0 Å². The molecule has 1 aliphatic rings. The lowest BCUT2D eigenvalue weighted by Gasteiger charge is -2.07. The minimum atomic E-state index is -1.14. The predicted octanol–water partition coefficient (Wildman–Crippen LogP) is -0.649. The maximum Gasteiger partial charge on any atom is 0.257 e. The minimum Gasteiger partial charge on any atom is -0.306 e. The maximum atomic E-state index is 11.6. The first-order valence-electron chi connectivity index (χ1n) is 3.87. The van der Waals surface area contributed by atoms with Crippen LogP contribution in [0.2, 0.25) is 0 Å². The van der Waals surface area contributed by atoms with E-state index >= 15 is 0 Å². The Balaban J connectivity index is 2.32. The minimum absolute atomic E-state index is 0.319. The molecule has 0 aromatic carbocycles. The van der Waals surface area contributed by atoms with E-state index in [1.54, 1.807) is 0 Å². The van der Waals surface area contributed by atoms with Gasteiger partial charge in [-0.25, -0.2) is 4.39 Å². The number of rotatable bonds is 2. The van der Waals surface area contributed by atoms with Crippen LogP contribution in [0.15, 0.2) is 0 Å². The van der Waals surface area contributed by atoms with Crippen molar-refractivity contribution < 1.29 is 14.0 Å². The van der Waals surface area contributed by atoms with Crippen LogP contribution in [0.1, 0.15) is 12.8 Å². The van der Waals surface area contributed by atoms with Crippen LogP contribution in [-0.4, -0.2) is 31.1 Å². The van der Waals surface area contributed by atoms with E-state index in [1.165, 1.54) is 0 Å². The average molecular weight is 174 g/mol. The SMILES string of the molecule is O=C(CF)NC(=O)[C@H]1CCCN1. The lowest BCUT2D eigenvalue weighted by molar-refractivity contribution is -0.131. The molecule has 68 valence electrons. The van der Waals surface area contributed by atoms with E-state index in [0.29, 0.717) is 6.42 Å². The quantitative estimate of drug-likeness (QED) is 0.585. The highest BCUT2D eigenvalue weighted by Crippen LogP contribution is 2.04. The van der Waals surface area contributed by atoms with Crippen LogP contribution in [0, 0.1) is 0 Å². The van der Waals surface area contributed by atoms with Crippen molar-refractivity contribution in [1.82, 2.24) is 10.6 Å². The van der Waals surface area contributed by atoms with E-state index in [2.05, 4.69) is 5.32 Å². The summed E-state index contributed by atoms with van der Waals surface area (Å²) in [6.07, 6.45) is 1.63. The Labute approximate surface area is 69.5 Å². The van der Waals surface area contributed by atoms with Crippen LogP contribution in [0.5, 0.6) is 0 Å². The maximum absolute atomic E-state index is 11.6. The van der Waals surface area contributed by atoms with Gasteiger partial charge in [-0.3, -0.25) is 14.9 Å². The molecule has 1 fully saturated rings. The molecule has 0 saturated carbocycles. The van der Waals surface area contributed by atoms with Crippen molar-refractivity contribution >= 4 is 11.8 Å². The molecule has 2 N–H and O–H groups in total. The number of hydrogen-bond donors (Lipinski definition) is 2. The lowest BCUT2D eigenvalue weighted by atomic mass is 10.2. The number of carbonyl (C=O) groups excluding carboxylic acids is 2. The van der Waals surface area contributed by atoms with Crippen molar-refractivity contribution in [2.45, 2.75) is 18.9 Å². The standard InChI is InChI=1S/C7H11FN2O2/c8-4-6(11)10-7(12)5-2-1-3-9-5/h5,9H,1-4H2,(H,10,11,12)/t5-/m1/s1. The summed E-state index contributed by atoms with van der Waals surface area (Å²) in [5.41, 5.74) is 0. The Kier molecular flexibility index (Phi) is 3.16. The van der Waals surface area contributed by atoms with E-state index in [-0.39, 0.29) is 6.04 Å². The van der Waals surface area contributed by atoms with Crippen LogP contribution in [0.4, 0.5) is 4.39 Å². The first-order valence-corrected chi connectivity index (χ1v) is 3.87. The van der Waals surface area contributed by atoms with Crippen LogP contribution in [0.3, 0.4) is 0 Å². The van der Waals surface area contributed by atoms with E-state index in [1.807, 2.05) is 5.32 Å². The molecule has 1 atom stereocenters. The largest absolute Gasteiger partial charge is 0.306 e. The molecular weight excluding hydrogens is 163 g/mol. The van der Waals surface area contributed by atoms with Gasteiger partial charge in [0.1, 0.15) is 0 Å². The molecule has 1 saturated heterocycles. The molecule has 12 heavy (non-hydrogen) atoms. The highest BCUT2D eigenvalue weighted by Gasteiger charge is 2.22. The molecule has 0 aromatic rings. The topological polar surface area (TPSA) is 58.2 Å². The molecule has 0 aliphatic carbocycles. The zero-order valence-corrected chi connectivity index (χ0v) is 6.60. The fourth-order valence-corrected chi connectivity index (χ4v) is 1.17. The predicted molar refractivity (Wildman–Crippen MR) is 40.1 cm³/mol. The van der Waals surface area contributed by atoms with Gasteiger partial charge in [0, 0.05) is 0 Å². The summed E-state index contributed by atoms with van der Waals surface area (Å²) in [5.74, 6) is -1.29. The van der Waals surface area contributed by atoms with Crippen molar-refractivity contribution in [2.75, 3.05) is 13.2 Å². The monoisotopic (exact) mass is 174 g/mol. The Morgan fingerprint density at radius 1 is 1.58 bits per heavy atom. The summed E-state index contributed by atoms with van der Waals surface area (Å²) >= 11 is 0. The summed E-state index contributed by atoms with van der Waals surface area (Å²) < 4.78 is 11.6. The Morgan fingerprint density at radius 3 is 2.83 bits per heavy atom. The third-order valence-corrected chi connectivity index (χ3v) is 1.76. The van der Waals surface area contributed by atoms with Gasteiger partial charge in [-0.15, -0.1) is 0 Å². The second kappa shape index (κ2) is 4.15. The fourth-order valence-electron chi connectivity index (χ4n) is 1.17. The number of halogens is 1. The van der Waals surface area contributed by atoms with Crippen LogP contribution in [0.25, 0.3) is 0 Å². The van der Waals surface area contributed by atoms with E-state index in [4.69, 9.17) is 0 Å². The summed E-state index contributed by atoms with van der Waals surface area (Å²) in [6, 6.07) is -0.319. The van der Waals surface area contributed by atoms with Gasteiger partial charge in [0.15, 0.2) is 6.67 Å². The van der Waals surface area contributed by atoms with Crippen molar-refractivity contribution in [3.8, 4) is 0 Å². The number of carbonyl (C=O) groups is 2. The van der Waals surface area contributed by atoms with Gasteiger partial charge in [-0.2, -0.15) is 0 Å². The summed E-state index contributed by atoms with van der Waals surface area (Å²) in [6.45, 7) is -0.361. The number of alkyl halides is 1. The fraction of sp³-hybridized carbons (Fsp3) is 0.714. The highest BCUT2D eigenvalue weighted by atomic mass is 19.1. The molecule has 0 aromatic heterocycles. The van der Waals surface area contributed by atoms with Gasteiger partial charge < -0.3 is 5.32 Å². The van der Waals surface area contributed by atoms with Crippen molar-refractivity contribution in [3.63, 3.8) is 0 Å². The van der Waals surface area contributed by atoms with Gasteiger partial charge >= 0.3 is 0 Å². The number of hydrogen-bond acceptors (Lipinski definition) is 3. The third kappa shape index (κ3) is 2.27. The summed E-state index contributed by atoms with van der Waals surface area (Å²) in [7, 11) is 0. The van der Waals surface area contributed by atoms with Crippen molar-refractivity contribution in [1.29, 1.82) is 0 Å². The average Bonchev–Trinajstić information content (AvgIpc) is 2.56. The van der Waals surface area contributed by atoms with Gasteiger partial charge in [0.25, 0.3) is 5.91 Å². The van der Waals surface area contributed by atoms with Gasteiger partial charge in [-0.1, -0.05) is 0 Å². The lowest BCUT2D eigenvalue weighted by Crippen LogP contribution is -2.43. The molecule has 1 rings (SSSR count). The highest BCUT2D eigenvalue weighted by molar-refractivity contribution is 5.98. The molecule has 0 unspecified atom stereocenters. The molecule has 2 amide bonds. The first-order chi connectivity index (χ1) is 5.74. The molecule has 0 bridgehead atoms. The molecule has 1 aliphatic heterocycles. The van der Waals surface area contributed by atoms with Crippen LogP contribution >= 0.6 is 0 Å². The van der Waals surface area contributed by atoms with Gasteiger partial charge in [-0.05, 0) is 19.4 Å². The normalized spacial score (nSPS) is 22.2. The van der Waals surface area contributed by atoms with Crippen molar-refractivity contribution in [3.05, 3.63) is 0 Å².